The van der Waals surface area contributed by atoms with Crippen LogP contribution in [0.2, 0.25) is 0 Å². The van der Waals surface area contributed by atoms with E-state index in [4.69, 9.17) is 0 Å². The van der Waals surface area contributed by atoms with Gasteiger partial charge in [-0.25, -0.2) is 0 Å². The lowest BCUT2D eigenvalue weighted by atomic mass is 9.81. The van der Waals surface area contributed by atoms with Gasteiger partial charge in [-0.1, -0.05) is 37.3 Å². The van der Waals surface area contributed by atoms with E-state index in [0.717, 1.165) is 25.9 Å². The molecule has 3 nitrogen and oxygen atoms in total. The van der Waals surface area contributed by atoms with Gasteiger partial charge in [0.15, 0.2) is 0 Å². The molecule has 92 valence electrons. The predicted octanol–water partition coefficient (Wildman–Crippen LogP) is 1.79. The van der Waals surface area contributed by atoms with E-state index in [9.17, 15) is 4.79 Å². The van der Waals surface area contributed by atoms with Crippen molar-refractivity contribution in [3.63, 3.8) is 0 Å². The Morgan fingerprint density at radius 2 is 1.94 bits per heavy atom. The molecule has 0 aromatic heterocycles. The van der Waals surface area contributed by atoms with E-state index >= 15 is 0 Å². The van der Waals surface area contributed by atoms with Gasteiger partial charge in [-0.15, -0.1) is 0 Å². The lowest BCUT2D eigenvalue weighted by Gasteiger charge is -2.39. The van der Waals surface area contributed by atoms with Crippen LogP contribution in [0.4, 0.5) is 0 Å². The average Bonchev–Trinajstić information content (AvgIpc) is 2.40. The van der Waals surface area contributed by atoms with Gasteiger partial charge in [-0.05, 0) is 31.5 Å². The maximum absolute atomic E-state index is 11.7. The summed E-state index contributed by atoms with van der Waals surface area (Å²) in [6.07, 6.45) is 2.47. The van der Waals surface area contributed by atoms with Gasteiger partial charge in [0, 0.05) is 6.42 Å². The highest BCUT2D eigenvalue weighted by atomic mass is 16.1. The molecule has 1 fully saturated rings. The summed E-state index contributed by atoms with van der Waals surface area (Å²) in [5.41, 5.74) is 1.06. The summed E-state index contributed by atoms with van der Waals surface area (Å²) in [6.45, 7) is 3.81. The van der Waals surface area contributed by atoms with Crippen molar-refractivity contribution in [3.05, 3.63) is 35.9 Å². The van der Waals surface area contributed by atoms with Gasteiger partial charge in [-0.2, -0.15) is 0 Å². The molecule has 1 amide bonds. The molecule has 1 heterocycles. The normalized spacial score (nSPS) is 18.6. The first-order chi connectivity index (χ1) is 8.27. The van der Waals surface area contributed by atoms with Crippen molar-refractivity contribution in [2.45, 2.75) is 31.7 Å². The van der Waals surface area contributed by atoms with Gasteiger partial charge in [0.2, 0.25) is 5.91 Å². The van der Waals surface area contributed by atoms with Crippen molar-refractivity contribution >= 4 is 5.91 Å². The van der Waals surface area contributed by atoms with E-state index in [1.807, 2.05) is 25.1 Å². The van der Waals surface area contributed by atoms with E-state index in [-0.39, 0.29) is 11.4 Å². The number of piperidine rings is 1. The van der Waals surface area contributed by atoms with Crippen LogP contribution in [0.5, 0.6) is 0 Å². The van der Waals surface area contributed by atoms with E-state index in [1.54, 1.807) is 0 Å². The van der Waals surface area contributed by atoms with Crippen LogP contribution in [0.1, 0.15) is 31.7 Å². The Morgan fingerprint density at radius 1 is 1.29 bits per heavy atom. The topological polar surface area (TPSA) is 41.1 Å². The first kappa shape index (κ1) is 12.1. The maximum Gasteiger partial charge on any atom is 0.220 e. The van der Waals surface area contributed by atoms with Crippen LogP contribution in [-0.4, -0.2) is 19.0 Å². The number of hydrogen-bond donors (Lipinski definition) is 2. The highest BCUT2D eigenvalue weighted by Crippen LogP contribution is 2.30. The second-order valence-corrected chi connectivity index (χ2v) is 4.60. The number of benzene rings is 1. The molecular weight excluding hydrogens is 212 g/mol. The lowest BCUT2D eigenvalue weighted by molar-refractivity contribution is -0.123. The number of rotatable bonds is 3. The fourth-order valence-electron chi connectivity index (χ4n) is 2.45. The second kappa shape index (κ2) is 5.32. The van der Waals surface area contributed by atoms with Crippen molar-refractivity contribution < 1.29 is 4.79 Å². The van der Waals surface area contributed by atoms with Crippen molar-refractivity contribution in [2.75, 3.05) is 13.1 Å². The standard InChI is InChI=1S/C14H20N2O/c1-2-13(17)16-14(8-10-15-11-9-14)12-6-4-3-5-7-12/h3-7,15H,2,8-11H2,1H3,(H,16,17). The third-order valence-corrected chi connectivity index (χ3v) is 3.48. The van der Waals surface area contributed by atoms with Crippen LogP contribution in [-0.2, 0) is 10.3 Å². The summed E-state index contributed by atoms with van der Waals surface area (Å²) in [5, 5.41) is 6.57. The van der Waals surface area contributed by atoms with Gasteiger partial charge in [0.05, 0.1) is 5.54 Å². The Balaban J connectivity index is 2.26. The minimum Gasteiger partial charge on any atom is -0.346 e. The number of carbonyl (C=O) groups excluding carboxylic acids is 1. The van der Waals surface area contributed by atoms with E-state index in [0.29, 0.717) is 6.42 Å². The molecule has 0 unspecified atom stereocenters. The van der Waals surface area contributed by atoms with Crippen molar-refractivity contribution in [2.24, 2.45) is 0 Å². The second-order valence-electron chi connectivity index (χ2n) is 4.60. The summed E-state index contributed by atoms with van der Waals surface area (Å²) in [5.74, 6) is 0.135. The molecule has 17 heavy (non-hydrogen) atoms. The quantitative estimate of drug-likeness (QED) is 0.834. The molecule has 3 heteroatoms. The summed E-state index contributed by atoms with van der Waals surface area (Å²) in [6, 6.07) is 10.3. The monoisotopic (exact) mass is 232 g/mol. The molecule has 2 N–H and O–H groups in total. The molecule has 0 bridgehead atoms. The molecule has 1 aliphatic heterocycles. The van der Waals surface area contributed by atoms with Gasteiger partial charge in [0.25, 0.3) is 0 Å². The molecule has 1 aromatic carbocycles. The van der Waals surface area contributed by atoms with Gasteiger partial charge in [0.1, 0.15) is 0 Å². The van der Waals surface area contributed by atoms with Crippen LogP contribution < -0.4 is 10.6 Å². The highest BCUT2D eigenvalue weighted by Gasteiger charge is 2.34. The van der Waals surface area contributed by atoms with Crippen LogP contribution in [0.3, 0.4) is 0 Å². The van der Waals surface area contributed by atoms with Gasteiger partial charge < -0.3 is 10.6 Å². The zero-order valence-corrected chi connectivity index (χ0v) is 10.3. The molecule has 1 aliphatic rings. The SMILES string of the molecule is CCC(=O)NC1(c2ccccc2)CCNCC1. The van der Waals surface area contributed by atoms with Crippen LogP contribution in [0, 0.1) is 0 Å². The summed E-state index contributed by atoms with van der Waals surface area (Å²) in [7, 11) is 0. The van der Waals surface area contributed by atoms with Gasteiger partial charge in [-0.3, -0.25) is 4.79 Å². The molecule has 0 saturated carbocycles. The molecular formula is C14H20N2O. The minimum absolute atomic E-state index is 0.135. The average molecular weight is 232 g/mol. The van der Waals surface area contributed by atoms with Crippen LogP contribution >= 0.6 is 0 Å². The number of hydrogen-bond acceptors (Lipinski definition) is 2. The molecule has 0 spiro atoms. The van der Waals surface area contributed by atoms with Gasteiger partial charge >= 0.3 is 0 Å². The third-order valence-electron chi connectivity index (χ3n) is 3.48. The largest absolute Gasteiger partial charge is 0.346 e. The highest BCUT2D eigenvalue weighted by molar-refractivity contribution is 5.76. The van der Waals surface area contributed by atoms with Crippen molar-refractivity contribution in [1.82, 2.24) is 10.6 Å². The van der Waals surface area contributed by atoms with Crippen LogP contribution in [0.25, 0.3) is 0 Å². The fraction of sp³-hybridized carbons (Fsp3) is 0.500. The summed E-state index contributed by atoms with van der Waals surface area (Å²) in [4.78, 5) is 11.7. The van der Waals surface area contributed by atoms with E-state index in [2.05, 4.69) is 22.8 Å². The molecule has 0 radical (unpaired) electrons. The minimum atomic E-state index is -0.167. The Morgan fingerprint density at radius 3 is 2.53 bits per heavy atom. The van der Waals surface area contributed by atoms with Crippen LogP contribution in [0.15, 0.2) is 30.3 Å². The zero-order chi connectivity index (χ0) is 12.1. The maximum atomic E-state index is 11.7. The first-order valence-electron chi connectivity index (χ1n) is 6.34. The van der Waals surface area contributed by atoms with Crippen molar-refractivity contribution in [1.29, 1.82) is 0 Å². The summed E-state index contributed by atoms with van der Waals surface area (Å²) >= 11 is 0. The lowest BCUT2D eigenvalue weighted by Crippen LogP contribution is -2.52. The Labute approximate surface area is 103 Å². The molecule has 0 aliphatic carbocycles. The van der Waals surface area contributed by atoms with E-state index in [1.165, 1.54) is 5.56 Å². The zero-order valence-electron chi connectivity index (χ0n) is 10.3. The smallest absolute Gasteiger partial charge is 0.220 e. The number of carbonyl (C=O) groups is 1. The Hall–Kier alpha value is -1.35. The Kier molecular flexibility index (Phi) is 3.79. The fourth-order valence-corrected chi connectivity index (χ4v) is 2.45. The molecule has 1 aromatic rings. The predicted molar refractivity (Wildman–Crippen MR) is 68.7 cm³/mol. The first-order valence-corrected chi connectivity index (χ1v) is 6.34. The Bertz CT molecular complexity index is 369. The molecule has 0 atom stereocenters. The van der Waals surface area contributed by atoms with E-state index < -0.39 is 0 Å². The van der Waals surface area contributed by atoms with Crippen molar-refractivity contribution in [3.8, 4) is 0 Å². The number of amides is 1. The third kappa shape index (κ3) is 2.67. The molecule has 2 rings (SSSR count). The number of nitrogens with one attached hydrogen (secondary N) is 2. The summed E-state index contributed by atoms with van der Waals surface area (Å²) < 4.78 is 0. The molecule has 1 saturated heterocycles.